The van der Waals surface area contributed by atoms with E-state index < -0.39 is 15.1 Å². The minimum atomic E-state index is -3.63. The molecule has 0 heterocycles. The van der Waals surface area contributed by atoms with Crippen LogP contribution in [0.2, 0.25) is 0 Å². The molecular formula is C2H3KNa2O5Si. The molecule has 0 aromatic carbocycles. The van der Waals surface area contributed by atoms with E-state index in [1.54, 1.807) is 0 Å². The molecule has 0 saturated heterocycles. The van der Waals surface area contributed by atoms with Gasteiger partial charge in [0, 0.05) is 15.1 Å². The van der Waals surface area contributed by atoms with Crippen LogP contribution < -0.4 is 125 Å². The van der Waals surface area contributed by atoms with E-state index in [2.05, 4.69) is 0 Å². The summed E-state index contributed by atoms with van der Waals surface area (Å²) in [7, 11) is -3.63. The summed E-state index contributed by atoms with van der Waals surface area (Å²) in [6.07, 6.45) is 0. The van der Waals surface area contributed by atoms with E-state index >= 15 is 0 Å². The second-order valence-corrected chi connectivity index (χ2v) is 1.24. The van der Waals surface area contributed by atoms with Crippen LogP contribution in [0.1, 0.15) is 6.92 Å². The van der Waals surface area contributed by atoms with Gasteiger partial charge in [0.25, 0.3) is 0 Å². The van der Waals surface area contributed by atoms with Gasteiger partial charge in [-0.2, -0.15) is 0 Å². The third-order valence-corrected chi connectivity index (χ3v) is 0. The molecule has 0 aliphatic heterocycles. The summed E-state index contributed by atoms with van der Waals surface area (Å²) in [6.45, 7) is 0.972. The predicted molar refractivity (Wildman–Crippen MR) is 17.1 cm³/mol. The molecule has 11 heavy (non-hydrogen) atoms. The average molecular weight is 220 g/mol. The van der Waals surface area contributed by atoms with Crippen molar-refractivity contribution in [3.8, 4) is 0 Å². The Bertz CT molecular complexity index is 80.5. The number of rotatable bonds is 0. The minimum absolute atomic E-state index is 0. The molecule has 0 fully saturated rings. The summed E-state index contributed by atoms with van der Waals surface area (Å²) in [4.78, 5) is 25.9. The number of carbonyl (C=O) groups is 1. The van der Waals surface area contributed by atoms with Crippen molar-refractivity contribution in [2.45, 2.75) is 6.92 Å². The van der Waals surface area contributed by atoms with E-state index in [1.165, 1.54) is 0 Å². The monoisotopic (exact) mass is 220 g/mol. The van der Waals surface area contributed by atoms with Crippen molar-refractivity contribution in [2.24, 2.45) is 0 Å². The van der Waals surface area contributed by atoms with E-state index in [0.717, 1.165) is 6.92 Å². The van der Waals surface area contributed by atoms with Crippen molar-refractivity contribution in [1.82, 2.24) is 0 Å². The molecule has 0 amide bonds. The van der Waals surface area contributed by atoms with Crippen LogP contribution in [0.25, 0.3) is 0 Å². The van der Waals surface area contributed by atoms with E-state index in [1.807, 2.05) is 0 Å². The van der Waals surface area contributed by atoms with Gasteiger partial charge >= 0.3 is 110 Å². The Morgan fingerprint density at radius 1 is 1.27 bits per heavy atom. The molecule has 0 saturated carbocycles. The molecule has 0 rings (SSSR count). The Morgan fingerprint density at radius 2 is 1.27 bits per heavy atom. The first kappa shape index (κ1) is 29.2. The number of carboxylic acid groups (broad SMARTS) is 1. The second kappa shape index (κ2) is 23.0. The summed E-state index contributed by atoms with van der Waals surface area (Å²) in [5, 5.41) is 8.89. The Balaban J connectivity index is -0.0000000171. The SMILES string of the molecule is CC(=O)[O-].O=[Si]([O-])[O-].[K+].[Na+].[Na+]. The molecule has 0 radical (unpaired) electrons. The van der Waals surface area contributed by atoms with E-state index in [-0.39, 0.29) is 110 Å². The summed E-state index contributed by atoms with van der Waals surface area (Å²) in [5.74, 6) is -1.08. The van der Waals surface area contributed by atoms with Gasteiger partial charge in [0.2, 0.25) is 0 Å². The fourth-order valence-corrected chi connectivity index (χ4v) is 0. The van der Waals surface area contributed by atoms with Crippen molar-refractivity contribution >= 4 is 15.1 Å². The first-order chi connectivity index (χ1) is 3.46. The van der Waals surface area contributed by atoms with Crippen LogP contribution in [-0.2, 0) is 9.26 Å². The zero-order valence-corrected chi connectivity index (χ0v) is 15.2. The molecule has 0 aromatic heterocycles. The largest absolute Gasteiger partial charge is 1.00 e. The van der Waals surface area contributed by atoms with Gasteiger partial charge in [-0.05, 0) is 6.92 Å². The Kier molecular flexibility index (Phi) is 61.0. The third kappa shape index (κ3) is 197. The van der Waals surface area contributed by atoms with Gasteiger partial charge in [-0.3, -0.25) is 0 Å². The van der Waals surface area contributed by atoms with E-state index in [9.17, 15) is 0 Å². The summed E-state index contributed by atoms with van der Waals surface area (Å²) in [6, 6.07) is 0. The molecule has 0 aliphatic carbocycles. The minimum Gasteiger partial charge on any atom is -0.672 e. The number of hydrogen-bond donors (Lipinski definition) is 0. The first-order valence-electron chi connectivity index (χ1n) is 1.52. The van der Waals surface area contributed by atoms with Crippen LogP contribution in [0.3, 0.4) is 0 Å². The number of carbonyl (C=O) groups excluding carboxylic acids is 1. The number of hydrogen-bond acceptors (Lipinski definition) is 5. The molecule has 0 N–H and O–H groups in total. The maximum absolute atomic E-state index is 8.89. The topological polar surface area (TPSA) is 103 Å². The molecule has 0 aromatic rings. The molecule has 0 bridgehead atoms. The molecule has 5 nitrogen and oxygen atoms in total. The molecular weight excluding hydrogens is 217 g/mol. The van der Waals surface area contributed by atoms with Crippen LogP contribution in [0.5, 0.6) is 0 Å². The number of aliphatic carboxylic acids is 1. The normalized spacial score (nSPS) is 4.45. The summed E-state index contributed by atoms with van der Waals surface area (Å²) < 4.78 is 8.52. The molecule has 0 atom stereocenters. The van der Waals surface area contributed by atoms with Crippen LogP contribution in [0.4, 0.5) is 0 Å². The molecule has 0 aliphatic rings. The molecule has 0 unspecified atom stereocenters. The fraction of sp³-hybridized carbons (Fsp3) is 0.500. The zero-order chi connectivity index (χ0) is 7.15. The van der Waals surface area contributed by atoms with Crippen LogP contribution in [0.15, 0.2) is 0 Å². The smallest absolute Gasteiger partial charge is 0.672 e. The predicted octanol–water partition coefficient (Wildman–Crippen LogP) is -13.1. The average Bonchev–Trinajstić information content (AvgIpc) is 1.25. The van der Waals surface area contributed by atoms with Crippen molar-refractivity contribution in [1.29, 1.82) is 0 Å². The van der Waals surface area contributed by atoms with E-state index in [4.69, 9.17) is 24.0 Å². The van der Waals surface area contributed by atoms with Gasteiger partial charge in [0.15, 0.2) is 0 Å². The quantitative estimate of drug-likeness (QED) is 0.377. The molecule has 0 spiro atoms. The Morgan fingerprint density at radius 3 is 1.27 bits per heavy atom. The van der Waals surface area contributed by atoms with Gasteiger partial charge < -0.3 is 24.0 Å². The number of carboxylic acids is 1. The van der Waals surface area contributed by atoms with Crippen LogP contribution in [-0.4, -0.2) is 15.1 Å². The van der Waals surface area contributed by atoms with Crippen molar-refractivity contribution in [3.63, 3.8) is 0 Å². The van der Waals surface area contributed by atoms with Gasteiger partial charge in [0.1, 0.15) is 0 Å². The molecule has 48 valence electrons. The second-order valence-electron chi connectivity index (χ2n) is 0.742. The van der Waals surface area contributed by atoms with Crippen LogP contribution >= 0.6 is 0 Å². The molecule has 9 heteroatoms. The van der Waals surface area contributed by atoms with E-state index in [0.29, 0.717) is 0 Å². The van der Waals surface area contributed by atoms with Gasteiger partial charge in [-0.1, -0.05) is 0 Å². The van der Waals surface area contributed by atoms with Gasteiger partial charge in [-0.15, -0.1) is 0 Å². The third-order valence-electron chi connectivity index (χ3n) is 0. The zero-order valence-electron chi connectivity index (χ0n) is 7.04. The Hall–Kier alpha value is 2.72. The maximum Gasteiger partial charge on any atom is 1.00 e. The Labute approximate surface area is 153 Å². The van der Waals surface area contributed by atoms with Gasteiger partial charge in [-0.25, -0.2) is 0 Å². The van der Waals surface area contributed by atoms with Crippen LogP contribution in [0, 0.1) is 0 Å². The van der Waals surface area contributed by atoms with Crippen molar-refractivity contribution < 1.29 is 134 Å². The van der Waals surface area contributed by atoms with Gasteiger partial charge in [0.05, 0.1) is 0 Å². The summed E-state index contributed by atoms with van der Waals surface area (Å²) >= 11 is 0. The fourth-order valence-electron chi connectivity index (χ4n) is 0. The first-order valence-corrected chi connectivity index (χ1v) is 2.75. The van der Waals surface area contributed by atoms with Crippen molar-refractivity contribution in [3.05, 3.63) is 0 Å². The van der Waals surface area contributed by atoms with Crippen molar-refractivity contribution in [2.75, 3.05) is 0 Å². The standard InChI is InChI=1S/C2H4O2.K.2Na.O3Si/c1-2(3)4;;;;1-4(2)3/h1H3,(H,3,4);;;;/q;3*+1;-2/p-1. The maximum atomic E-state index is 8.89. The summed E-state index contributed by atoms with van der Waals surface area (Å²) in [5.41, 5.74) is 0.